The number of halogens is 1. The quantitative estimate of drug-likeness (QED) is 0.941. The minimum Gasteiger partial charge on any atom is -0.337 e. The lowest BCUT2D eigenvalue weighted by atomic mass is 10.2. The largest absolute Gasteiger partial charge is 0.337 e. The van der Waals surface area contributed by atoms with E-state index in [-0.39, 0.29) is 6.04 Å². The van der Waals surface area contributed by atoms with Crippen molar-refractivity contribution in [3.63, 3.8) is 0 Å². The highest BCUT2D eigenvalue weighted by molar-refractivity contribution is 6.33. The summed E-state index contributed by atoms with van der Waals surface area (Å²) in [6.45, 7) is 6.07. The van der Waals surface area contributed by atoms with E-state index in [1.54, 1.807) is 0 Å². The molecular formula is C14H17ClN4O. The highest BCUT2D eigenvalue weighted by Crippen LogP contribution is 2.27. The van der Waals surface area contributed by atoms with Crippen molar-refractivity contribution in [2.75, 3.05) is 26.2 Å². The number of aromatic nitrogens is 2. The fourth-order valence-corrected chi connectivity index (χ4v) is 2.60. The number of nitrogens with one attached hydrogen (secondary N) is 1. The fourth-order valence-electron chi connectivity index (χ4n) is 2.38. The average Bonchev–Trinajstić information content (AvgIpc) is 2.97. The second-order valence-electron chi connectivity index (χ2n) is 4.90. The van der Waals surface area contributed by atoms with Gasteiger partial charge >= 0.3 is 0 Å². The van der Waals surface area contributed by atoms with Crippen LogP contribution in [0, 0.1) is 0 Å². The molecule has 20 heavy (non-hydrogen) atoms. The van der Waals surface area contributed by atoms with Gasteiger partial charge in [-0.3, -0.25) is 4.90 Å². The zero-order valence-corrected chi connectivity index (χ0v) is 12.1. The number of rotatable bonds is 3. The molecule has 1 aromatic carbocycles. The van der Waals surface area contributed by atoms with E-state index in [9.17, 15) is 0 Å². The Kier molecular flexibility index (Phi) is 4.00. The van der Waals surface area contributed by atoms with Crippen molar-refractivity contribution in [1.82, 2.24) is 20.4 Å². The van der Waals surface area contributed by atoms with E-state index < -0.39 is 0 Å². The molecule has 2 aromatic rings. The van der Waals surface area contributed by atoms with Crippen LogP contribution in [0.4, 0.5) is 0 Å². The number of benzene rings is 1. The molecule has 1 unspecified atom stereocenters. The number of hydrogen-bond donors (Lipinski definition) is 1. The van der Waals surface area contributed by atoms with Crippen LogP contribution in [0.2, 0.25) is 5.02 Å². The van der Waals surface area contributed by atoms with Crippen LogP contribution >= 0.6 is 11.6 Å². The van der Waals surface area contributed by atoms with Crippen LogP contribution in [0.15, 0.2) is 28.8 Å². The minimum atomic E-state index is 0.126. The van der Waals surface area contributed by atoms with Crippen LogP contribution in [0.1, 0.15) is 18.9 Å². The van der Waals surface area contributed by atoms with Crippen molar-refractivity contribution >= 4 is 11.6 Å². The van der Waals surface area contributed by atoms with E-state index in [0.717, 1.165) is 31.7 Å². The summed E-state index contributed by atoms with van der Waals surface area (Å²) in [5.74, 6) is 1.19. The Morgan fingerprint density at radius 2 is 2.05 bits per heavy atom. The van der Waals surface area contributed by atoms with Crippen LogP contribution in [0.3, 0.4) is 0 Å². The number of hydrogen-bond acceptors (Lipinski definition) is 5. The van der Waals surface area contributed by atoms with E-state index in [1.807, 2.05) is 24.3 Å². The summed E-state index contributed by atoms with van der Waals surface area (Å²) in [6.07, 6.45) is 0. The first-order valence-electron chi connectivity index (χ1n) is 6.79. The van der Waals surface area contributed by atoms with Crippen LogP contribution in [-0.4, -0.2) is 41.2 Å². The zero-order chi connectivity index (χ0) is 13.9. The second-order valence-corrected chi connectivity index (χ2v) is 5.31. The molecule has 6 heteroatoms. The Hall–Kier alpha value is -1.43. The molecule has 2 heterocycles. The molecule has 1 aromatic heterocycles. The molecule has 0 aliphatic carbocycles. The van der Waals surface area contributed by atoms with Gasteiger partial charge in [0.15, 0.2) is 0 Å². The van der Waals surface area contributed by atoms with E-state index >= 15 is 0 Å². The molecule has 106 valence electrons. The van der Waals surface area contributed by atoms with Gasteiger partial charge in [-0.2, -0.15) is 4.98 Å². The zero-order valence-electron chi connectivity index (χ0n) is 11.3. The average molecular weight is 293 g/mol. The third-order valence-electron chi connectivity index (χ3n) is 3.61. The molecule has 5 nitrogen and oxygen atoms in total. The van der Waals surface area contributed by atoms with Gasteiger partial charge in [0.1, 0.15) is 0 Å². The molecule has 1 fully saturated rings. The summed E-state index contributed by atoms with van der Waals surface area (Å²) < 4.78 is 5.41. The molecule has 0 radical (unpaired) electrons. The molecule has 0 saturated carbocycles. The first-order chi connectivity index (χ1) is 9.75. The van der Waals surface area contributed by atoms with E-state index in [1.165, 1.54) is 0 Å². The molecule has 1 aliphatic rings. The number of piperazine rings is 1. The molecule has 0 bridgehead atoms. The third-order valence-corrected chi connectivity index (χ3v) is 3.94. The van der Waals surface area contributed by atoms with Gasteiger partial charge in [0.25, 0.3) is 0 Å². The van der Waals surface area contributed by atoms with Crippen molar-refractivity contribution in [3.8, 4) is 11.4 Å². The molecule has 1 N–H and O–H groups in total. The normalized spacial score (nSPS) is 18.1. The van der Waals surface area contributed by atoms with Crippen molar-refractivity contribution < 1.29 is 4.52 Å². The third kappa shape index (κ3) is 2.70. The fraction of sp³-hybridized carbons (Fsp3) is 0.429. The van der Waals surface area contributed by atoms with Crippen LogP contribution in [-0.2, 0) is 0 Å². The summed E-state index contributed by atoms with van der Waals surface area (Å²) >= 11 is 6.16. The molecular weight excluding hydrogens is 276 g/mol. The van der Waals surface area contributed by atoms with Gasteiger partial charge in [-0.1, -0.05) is 28.9 Å². The van der Waals surface area contributed by atoms with Gasteiger partial charge in [-0.25, -0.2) is 0 Å². The van der Waals surface area contributed by atoms with Crippen LogP contribution in [0.25, 0.3) is 11.4 Å². The van der Waals surface area contributed by atoms with E-state index in [4.69, 9.17) is 16.1 Å². The highest BCUT2D eigenvalue weighted by atomic mass is 35.5. The lowest BCUT2D eigenvalue weighted by Crippen LogP contribution is -2.44. The van der Waals surface area contributed by atoms with E-state index in [2.05, 4.69) is 27.3 Å². The smallest absolute Gasteiger partial charge is 0.244 e. The lowest BCUT2D eigenvalue weighted by Gasteiger charge is -2.30. The maximum atomic E-state index is 6.16. The molecule has 1 atom stereocenters. The highest BCUT2D eigenvalue weighted by Gasteiger charge is 2.23. The SMILES string of the molecule is CC(c1nc(-c2ccccc2Cl)no1)N1CCNCC1. The van der Waals surface area contributed by atoms with Gasteiger partial charge in [-0.05, 0) is 19.1 Å². The second kappa shape index (κ2) is 5.91. The van der Waals surface area contributed by atoms with Crippen molar-refractivity contribution in [1.29, 1.82) is 0 Å². The topological polar surface area (TPSA) is 54.2 Å². The minimum absolute atomic E-state index is 0.126. The van der Waals surface area contributed by atoms with Crippen LogP contribution in [0.5, 0.6) is 0 Å². The Balaban J connectivity index is 1.81. The summed E-state index contributed by atoms with van der Waals surface area (Å²) in [7, 11) is 0. The Bertz CT molecular complexity index is 580. The Morgan fingerprint density at radius 3 is 2.80 bits per heavy atom. The molecule has 1 saturated heterocycles. The lowest BCUT2D eigenvalue weighted by molar-refractivity contribution is 0.154. The van der Waals surface area contributed by atoms with Gasteiger partial charge < -0.3 is 9.84 Å². The summed E-state index contributed by atoms with van der Waals surface area (Å²) in [5, 5.41) is 8.02. The van der Waals surface area contributed by atoms with Gasteiger partial charge in [0.05, 0.1) is 11.1 Å². The van der Waals surface area contributed by atoms with Crippen molar-refractivity contribution in [2.24, 2.45) is 0 Å². The van der Waals surface area contributed by atoms with Crippen molar-refractivity contribution in [2.45, 2.75) is 13.0 Å². The standard InChI is InChI=1S/C14H17ClN4O/c1-10(19-8-6-16-7-9-19)14-17-13(18-20-14)11-4-2-3-5-12(11)15/h2-5,10,16H,6-9H2,1H3. The van der Waals surface area contributed by atoms with Crippen LogP contribution < -0.4 is 5.32 Å². The van der Waals surface area contributed by atoms with E-state index in [0.29, 0.717) is 16.7 Å². The maximum absolute atomic E-state index is 6.16. The first kappa shape index (κ1) is 13.5. The Morgan fingerprint density at radius 1 is 1.30 bits per heavy atom. The van der Waals surface area contributed by atoms with Crippen molar-refractivity contribution in [3.05, 3.63) is 35.2 Å². The summed E-state index contributed by atoms with van der Waals surface area (Å²) in [5.41, 5.74) is 0.802. The number of nitrogens with zero attached hydrogens (tertiary/aromatic N) is 3. The molecule has 3 rings (SSSR count). The predicted octanol–water partition coefficient (Wildman–Crippen LogP) is 2.36. The molecule has 1 aliphatic heterocycles. The van der Waals surface area contributed by atoms with Gasteiger partial charge in [0.2, 0.25) is 11.7 Å². The first-order valence-corrected chi connectivity index (χ1v) is 7.17. The predicted molar refractivity (Wildman–Crippen MR) is 77.6 cm³/mol. The molecule has 0 amide bonds. The summed E-state index contributed by atoms with van der Waals surface area (Å²) in [4.78, 5) is 6.83. The van der Waals surface area contributed by atoms with Gasteiger partial charge in [0, 0.05) is 31.7 Å². The maximum Gasteiger partial charge on any atom is 0.244 e. The van der Waals surface area contributed by atoms with Gasteiger partial charge in [-0.15, -0.1) is 0 Å². The molecule has 0 spiro atoms. The summed E-state index contributed by atoms with van der Waals surface area (Å²) in [6, 6.07) is 7.65. The Labute approximate surface area is 122 Å². The monoisotopic (exact) mass is 292 g/mol.